The van der Waals surface area contributed by atoms with E-state index in [1.54, 1.807) is 41.7 Å². The molecule has 2 N–H and O–H groups in total. The van der Waals surface area contributed by atoms with Gasteiger partial charge < -0.3 is 10.2 Å². The van der Waals surface area contributed by atoms with Gasteiger partial charge in [0, 0.05) is 11.4 Å². The van der Waals surface area contributed by atoms with E-state index in [1.807, 2.05) is 11.4 Å². The van der Waals surface area contributed by atoms with Crippen LogP contribution in [-0.2, 0) is 21.2 Å². The number of sulfonamides is 1. The van der Waals surface area contributed by atoms with E-state index >= 15 is 0 Å². The van der Waals surface area contributed by atoms with Gasteiger partial charge in [-0.15, -0.1) is 11.3 Å². The molecule has 0 unspecified atom stereocenters. The highest BCUT2D eigenvalue weighted by Crippen LogP contribution is 2.14. The Kier molecular flexibility index (Phi) is 6.42. The first-order chi connectivity index (χ1) is 12.6. The Balaban J connectivity index is 1.43. The maximum absolute atomic E-state index is 12.6. The third-order valence-corrected chi connectivity index (χ3v) is 7.34. The van der Waals surface area contributed by atoms with Crippen molar-refractivity contribution >= 4 is 27.3 Å². The van der Waals surface area contributed by atoms with Crippen LogP contribution in [0.25, 0.3) is 0 Å². The number of benzene rings is 1. The predicted octanol–water partition coefficient (Wildman–Crippen LogP) is -0.00380. The van der Waals surface area contributed by atoms with Crippen molar-refractivity contribution in [3.8, 4) is 0 Å². The zero-order valence-corrected chi connectivity index (χ0v) is 16.2. The summed E-state index contributed by atoms with van der Waals surface area (Å²) in [6.45, 7) is 3.20. The van der Waals surface area contributed by atoms with Crippen LogP contribution in [-0.4, -0.2) is 57.9 Å². The third kappa shape index (κ3) is 4.91. The molecule has 140 valence electrons. The maximum Gasteiger partial charge on any atom is 0.275 e. The molecule has 0 radical (unpaired) electrons. The van der Waals surface area contributed by atoms with E-state index in [0.717, 1.165) is 11.3 Å². The molecule has 1 aliphatic rings. The van der Waals surface area contributed by atoms with Crippen LogP contribution in [0.5, 0.6) is 0 Å². The molecule has 0 bridgehead atoms. The average Bonchev–Trinajstić information content (AvgIpc) is 3.16. The third-order valence-electron chi connectivity index (χ3n) is 4.49. The predicted molar refractivity (Wildman–Crippen MR) is 102 cm³/mol. The number of carbonyl (C=O) groups excluding carboxylic acids is 1. The molecule has 1 aromatic heterocycles. The summed E-state index contributed by atoms with van der Waals surface area (Å²) < 4.78 is 26.7. The summed E-state index contributed by atoms with van der Waals surface area (Å²) in [7, 11) is -3.43. The Labute approximate surface area is 158 Å². The van der Waals surface area contributed by atoms with Crippen LogP contribution in [0.15, 0.2) is 52.7 Å². The SMILES string of the molecule is O=C(C[NH+]1CCN(S(=O)(=O)c2ccccc2)CC1)NCCc1cccs1. The van der Waals surface area contributed by atoms with Crippen molar-refractivity contribution in [2.24, 2.45) is 0 Å². The molecule has 1 fully saturated rings. The quantitative estimate of drug-likeness (QED) is 0.694. The van der Waals surface area contributed by atoms with E-state index in [-0.39, 0.29) is 5.91 Å². The van der Waals surface area contributed by atoms with Gasteiger partial charge in [0.15, 0.2) is 6.54 Å². The second kappa shape index (κ2) is 8.77. The highest BCUT2D eigenvalue weighted by molar-refractivity contribution is 7.89. The van der Waals surface area contributed by atoms with E-state index in [0.29, 0.717) is 44.2 Å². The Hall–Kier alpha value is -1.74. The number of quaternary nitrogens is 1. The summed E-state index contributed by atoms with van der Waals surface area (Å²) in [5.74, 6) is 0.0240. The van der Waals surface area contributed by atoms with E-state index in [9.17, 15) is 13.2 Å². The second-order valence-corrected chi connectivity index (χ2v) is 9.29. The molecule has 0 saturated carbocycles. The zero-order chi connectivity index (χ0) is 18.4. The van der Waals surface area contributed by atoms with Crippen molar-refractivity contribution in [3.63, 3.8) is 0 Å². The molecule has 1 aromatic carbocycles. The van der Waals surface area contributed by atoms with Crippen LogP contribution in [0.1, 0.15) is 4.88 Å². The van der Waals surface area contributed by atoms with Gasteiger partial charge in [0.25, 0.3) is 5.91 Å². The van der Waals surface area contributed by atoms with Crippen LogP contribution in [0.3, 0.4) is 0 Å². The Morgan fingerprint density at radius 1 is 1.12 bits per heavy atom. The van der Waals surface area contributed by atoms with E-state index in [2.05, 4.69) is 11.4 Å². The first-order valence-electron chi connectivity index (χ1n) is 8.73. The minimum absolute atomic E-state index is 0.0240. The lowest BCUT2D eigenvalue weighted by atomic mass is 10.3. The normalized spacial score (nSPS) is 16.5. The van der Waals surface area contributed by atoms with Gasteiger partial charge in [-0.2, -0.15) is 4.31 Å². The molecule has 3 rings (SSSR count). The summed E-state index contributed by atoms with van der Waals surface area (Å²) in [6, 6.07) is 12.6. The zero-order valence-electron chi connectivity index (χ0n) is 14.6. The van der Waals surface area contributed by atoms with Crippen LogP contribution in [0, 0.1) is 0 Å². The average molecular weight is 395 g/mol. The summed E-state index contributed by atoms with van der Waals surface area (Å²) in [6.07, 6.45) is 0.849. The number of nitrogens with zero attached hydrogens (tertiary/aromatic N) is 1. The Morgan fingerprint density at radius 2 is 1.85 bits per heavy atom. The van der Waals surface area contributed by atoms with Gasteiger partial charge in [-0.3, -0.25) is 4.79 Å². The molecule has 1 aliphatic heterocycles. The van der Waals surface area contributed by atoms with E-state index < -0.39 is 10.0 Å². The molecule has 8 heteroatoms. The fourth-order valence-corrected chi connectivity index (χ4v) is 5.20. The molecule has 2 aromatic rings. The molecular formula is C18H24N3O3S2+. The number of thiophene rings is 1. The molecular weight excluding hydrogens is 370 g/mol. The van der Waals surface area contributed by atoms with Crippen LogP contribution < -0.4 is 10.2 Å². The summed E-state index contributed by atoms with van der Waals surface area (Å²) in [5.41, 5.74) is 0. The van der Waals surface area contributed by atoms with Crippen molar-refractivity contribution in [1.82, 2.24) is 9.62 Å². The van der Waals surface area contributed by atoms with Gasteiger partial charge in [-0.25, -0.2) is 8.42 Å². The molecule has 0 aliphatic carbocycles. The number of nitrogens with one attached hydrogen (secondary N) is 2. The fraction of sp³-hybridized carbons (Fsp3) is 0.389. The monoisotopic (exact) mass is 394 g/mol. The van der Waals surface area contributed by atoms with Gasteiger partial charge in [-0.1, -0.05) is 24.3 Å². The Morgan fingerprint density at radius 3 is 2.50 bits per heavy atom. The summed E-state index contributed by atoms with van der Waals surface area (Å²) in [5, 5.41) is 4.98. The first kappa shape index (κ1) is 19.0. The largest absolute Gasteiger partial charge is 0.351 e. The van der Waals surface area contributed by atoms with Gasteiger partial charge in [0.1, 0.15) is 0 Å². The van der Waals surface area contributed by atoms with Gasteiger partial charge in [0.05, 0.1) is 31.1 Å². The number of hydrogen-bond donors (Lipinski definition) is 2. The van der Waals surface area contributed by atoms with Crippen molar-refractivity contribution < 1.29 is 18.1 Å². The van der Waals surface area contributed by atoms with Gasteiger partial charge in [-0.05, 0) is 30.0 Å². The highest BCUT2D eigenvalue weighted by atomic mass is 32.2. The number of hydrogen-bond acceptors (Lipinski definition) is 4. The van der Waals surface area contributed by atoms with Crippen molar-refractivity contribution in [3.05, 3.63) is 52.7 Å². The lowest BCUT2D eigenvalue weighted by Gasteiger charge is -2.31. The minimum Gasteiger partial charge on any atom is -0.351 e. The molecule has 2 heterocycles. The molecule has 26 heavy (non-hydrogen) atoms. The van der Waals surface area contributed by atoms with Gasteiger partial charge >= 0.3 is 0 Å². The number of rotatable bonds is 7. The maximum atomic E-state index is 12.6. The Bertz CT molecular complexity index is 799. The topological polar surface area (TPSA) is 70.9 Å². The molecule has 1 saturated heterocycles. The summed E-state index contributed by atoms with van der Waals surface area (Å²) in [4.78, 5) is 14.8. The number of piperazine rings is 1. The standard InChI is InChI=1S/C18H23N3O3S2/c22-18(19-9-8-16-5-4-14-25-16)15-20-10-12-21(13-11-20)26(23,24)17-6-2-1-3-7-17/h1-7,14H,8-13,15H2,(H,19,22)/p+1. The van der Waals surface area contributed by atoms with Crippen LogP contribution in [0.2, 0.25) is 0 Å². The van der Waals surface area contributed by atoms with Crippen LogP contribution in [0.4, 0.5) is 0 Å². The van der Waals surface area contributed by atoms with E-state index in [1.165, 1.54) is 9.18 Å². The minimum atomic E-state index is -3.43. The lowest BCUT2D eigenvalue weighted by molar-refractivity contribution is -0.895. The van der Waals surface area contributed by atoms with Crippen molar-refractivity contribution in [2.45, 2.75) is 11.3 Å². The fourth-order valence-electron chi connectivity index (χ4n) is 3.03. The van der Waals surface area contributed by atoms with Crippen LogP contribution >= 0.6 is 11.3 Å². The number of carbonyl (C=O) groups is 1. The summed E-state index contributed by atoms with van der Waals surface area (Å²) >= 11 is 1.69. The second-order valence-electron chi connectivity index (χ2n) is 6.32. The van der Waals surface area contributed by atoms with E-state index in [4.69, 9.17) is 0 Å². The van der Waals surface area contributed by atoms with Gasteiger partial charge in [0.2, 0.25) is 10.0 Å². The highest BCUT2D eigenvalue weighted by Gasteiger charge is 2.30. The molecule has 6 nitrogen and oxygen atoms in total. The lowest BCUT2D eigenvalue weighted by Crippen LogP contribution is -3.15. The van der Waals surface area contributed by atoms with Crippen molar-refractivity contribution in [1.29, 1.82) is 0 Å². The van der Waals surface area contributed by atoms with Crippen molar-refractivity contribution in [2.75, 3.05) is 39.3 Å². The number of amides is 1. The molecule has 1 amide bonds. The first-order valence-corrected chi connectivity index (χ1v) is 11.1. The smallest absolute Gasteiger partial charge is 0.275 e. The molecule has 0 atom stereocenters. The molecule has 0 spiro atoms.